The van der Waals surface area contributed by atoms with Crippen molar-refractivity contribution in [2.75, 3.05) is 24.5 Å². The zero-order chi connectivity index (χ0) is 20.1. The maximum absolute atomic E-state index is 12.8. The van der Waals surface area contributed by atoms with E-state index in [1.165, 1.54) is 6.42 Å². The minimum atomic E-state index is -0.130. The van der Waals surface area contributed by atoms with Crippen LogP contribution in [0.5, 0.6) is 0 Å². The van der Waals surface area contributed by atoms with E-state index in [1.54, 1.807) is 12.3 Å². The molecule has 1 fully saturated rings. The fraction of sp³-hybridized carbons (Fsp3) is 0.364. The predicted octanol–water partition coefficient (Wildman–Crippen LogP) is 3.34. The van der Waals surface area contributed by atoms with Crippen LogP contribution >= 0.6 is 0 Å². The smallest absolute Gasteiger partial charge is 0.255 e. The molecule has 1 saturated heterocycles. The molecule has 0 spiro atoms. The van der Waals surface area contributed by atoms with Crippen LogP contribution in [0.4, 0.5) is 5.82 Å². The van der Waals surface area contributed by atoms with E-state index < -0.39 is 0 Å². The van der Waals surface area contributed by atoms with Gasteiger partial charge in [-0.15, -0.1) is 0 Å². The Morgan fingerprint density at radius 2 is 2.10 bits per heavy atom. The first-order valence-electron chi connectivity index (χ1n) is 10.1. The summed E-state index contributed by atoms with van der Waals surface area (Å²) >= 11 is 0. The van der Waals surface area contributed by atoms with E-state index in [0.717, 1.165) is 30.9 Å². The van der Waals surface area contributed by atoms with Crippen LogP contribution in [-0.4, -0.2) is 40.7 Å². The van der Waals surface area contributed by atoms with Crippen molar-refractivity contribution in [1.29, 1.82) is 0 Å². The van der Waals surface area contributed by atoms with Crippen LogP contribution in [0.1, 0.15) is 36.0 Å². The normalized spacial score (nSPS) is 16.6. The van der Waals surface area contributed by atoms with Gasteiger partial charge in [-0.2, -0.15) is 4.98 Å². The fourth-order valence-corrected chi connectivity index (χ4v) is 3.65. The number of pyridine rings is 1. The van der Waals surface area contributed by atoms with Crippen molar-refractivity contribution in [3.8, 4) is 11.4 Å². The number of benzene rings is 1. The van der Waals surface area contributed by atoms with Crippen molar-refractivity contribution in [2.24, 2.45) is 5.92 Å². The molecule has 1 aromatic carbocycles. The molecule has 1 unspecified atom stereocenters. The minimum absolute atomic E-state index is 0.130. The van der Waals surface area contributed by atoms with Gasteiger partial charge in [-0.1, -0.05) is 42.4 Å². The molecule has 0 aliphatic carbocycles. The van der Waals surface area contributed by atoms with Crippen LogP contribution in [-0.2, 0) is 6.42 Å². The van der Waals surface area contributed by atoms with Crippen molar-refractivity contribution in [3.05, 3.63) is 60.1 Å². The zero-order valence-electron chi connectivity index (χ0n) is 16.5. The third-order valence-corrected chi connectivity index (χ3v) is 5.11. The Morgan fingerprint density at radius 3 is 2.93 bits per heavy atom. The standard InChI is InChI=1S/C22H25N5O2/c1-16-7-6-14-27(15-16)21-18(10-5-12-23-21)22(28)24-13-11-19-25-20(26-29-19)17-8-3-2-4-9-17/h2-5,8-10,12,16H,6-7,11,13-15H2,1H3,(H,24,28). The van der Waals surface area contributed by atoms with Gasteiger partial charge in [0.25, 0.3) is 5.91 Å². The molecule has 3 aromatic rings. The molecule has 7 heteroatoms. The molecule has 1 N–H and O–H groups in total. The average Bonchev–Trinajstić information content (AvgIpc) is 3.23. The van der Waals surface area contributed by atoms with E-state index in [-0.39, 0.29) is 5.91 Å². The molecular weight excluding hydrogens is 366 g/mol. The molecule has 1 amide bonds. The summed E-state index contributed by atoms with van der Waals surface area (Å²) in [6.45, 7) is 4.52. The number of nitrogens with one attached hydrogen (secondary N) is 1. The number of aromatic nitrogens is 3. The first-order chi connectivity index (χ1) is 14.2. The van der Waals surface area contributed by atoms with Gasteiger partial charge in [0.1, 0.15) is 5.82 Å². The van der Waals surface area contributed by atoms with E-state index in [4.69, 9.17) is 4.52 Å². The van der Waals surface area contributed by atoms with Gasteiger partial charge < -0.3 is 14.7 Å². The Morgan fingerprint density at radius 1 is 1.24 bits per heavy atom. The van der Waals surface area contributed by atoms with Crippen molar-refractivity contribution < 1.29 is 9.32 Å². The monoisotopic (exact) mass is 391 g/mol. The van der Waals surface area contributed by atoms with Gasteiger partial charge in [-0.25, -0.2) is 4.98 Å². The molecule has 2 aromatic heterocycles. The molecule has 1 aliphatic heterocycles. The van der Waals surface area contributed by atoms with E-state index in [2.05, 4.69) is 32.3 Å². The Balaban J connectivity index is 1.37. The quantitative estimate of drug-likeness (QED) is 0.694. The number of amides is 1. The average molecular weight is 391 g/mol. The molecule has 0 bridgehead atoms. The number of anilines is 1. The molecule has 29 heavy (non-hydrogen) atoms. The number of carbonyl (C=O) groups excluding carboxylic acids is 1. The predicted molar refractivity (Wildman–Crippen MR) is 111 cm³/mol. The highest BCUT2D eigenvalue weighted by Crippen LogP contribution is 2.24. The molecule has 7 nitrogen and oxygen atoms in total. The number of piperidine rings is 1. The molecule has 1 aliphatic rings. The van der Waals surface area contributed by atoms with E-state index >= 15 is 0 Å². The summed E-state index contributed by atoms with van der Waals surface area (Å²) in [5.41, 5.74) is 1.51. The Hall–Kier alpha value is -3.22. The molecule has 3 heterocycles. The zero-order valence-corrected chi connectivity index (χ0v) is 16.5. The molecule has 0 saturated carbocycles. The third kappa shape index (κ3) is 4.62. The summed E-state index contributed by atoms with van der Waals surface area (Å²) in [7, 11) is 0. The topological polar surface area (TPSA) is 84.2 Å². The van der Waals surface area contributed by atoms with Crippen molar-refractivity contribution in [2.45, 2.75) is 26.2 Å². The van der Waals surface area contributed by atoms with Crippen molar-refractivity contribution >= 4 is 11.7 Å². The van der Waals surface area contributed by atoms with E-state index in [0.29, 0.717) is 36.2 Å². The Labute approximate surface area is 170 Å². The lowest BCUT2D eigenvalue weighted by atomic mass is 10.00. The summed E-state index contributed by atoms with van der Waals surface area (Å²) in [4.78, 5) is 23.9. The van der Waals surface area contributed by atoms with Crippen LogP contribution < -0.4 is 10.2 Å². The minimum Gasteiger partial charge on any atom is -0.356 e. The second-order valence-corrected chi connectivity index (χ2v) is 7.45. The second kappa shape index (κ2) is 8.86. The Kier molecular flexibility index (Phi) is 5.84. The highest BCUT2D eigenvalue weighted by Gasteiger charge is 2.22. The maximum Gasteiger partial charge on any atom is 0.255 e. The fourth-order valence-electron chi connectivity index (χ4n) is 3.65. The van der Waals surface area contributed by atoms with Crippen LogP contribution in [0.3, 0.4) is 0 Å². The molecule has 1 atom stereocenters. The summed E-state index contributed by atoms with van der Waals surface area (Å²) in [6, 6.07) is 13.3. The van der Waals surface area contributed by atoms with Crippen molar-refractivity contribution in [3.63, 3.8) is 0 Å². The number of hydrogen-bond acceptors (Lipinski definition) is 6. The van der Waals surface area contributed by atoms with Crippen LogP contribution in [0.15, 0.2) is 53.2 Å². The summed E-state index contributed by atoms with van der Waals surface area (Å²) in [6.07, 6.45) is 4.57. The van der Waals surface area contributed by atoms with Gasteiger partial charge in [0.15, 0.2) is 0 Å². The van der Waals surface area contributed by atoms with Crippen molar-refractivity contribution in [1.82, 2.24) is 20.4 Å². The van der Waals surface area contributed by atoms with Crippen LogP contribution in [0.2, 0.25) is 0 Å². The van der Waals surface area contributed by atoms with Crippen LogP contribution in [0, 0.1) is 5.92 Å². The van der Waals surface area contributed by atoms with E-state index in [9.17, 15) is 4.79 Å². The molecule has 0 radical (unpaired) electrons. The number of nitrogens with zero attached hydrogens (tertiary/aromatic N) is 4. The van der Waals surface area contributed by atoms with Gasteiger partial charge in [0, 0.05) is 37.8 Å². The number of rotatable bonds is 6. The Bertz CT molecular complexity index is 957. The first-order valence-corrected chi connectivity index (χ1v) is 10.1. The highest BCUT2D eigenvalue weighted by molar-refractivity contribution is 5.98. The van der Waals surface area contributed by atoms with Gasteiger partial charge >= 0.3 is 0 Å². The lowest BCUT2D eigenvalue weighted by molar-refractivity contribution is 0.0953. The second-order valence-electron chi connectivity index (χ2n) is 7.45. The largest absolute Gasteiger partial charge is 0.356 e. The number of carbonyl (C=O) groups is 1. The third-order valence-electron chi connectivity index (χ3n) is 5.11. The summed E-state index contributed by atoms with van der Waals surface area (Å²) in [5, 5.41) is 6.96. The summed E-state index contributed by atoms with van der Waals surface area (Å²) in [5.74, 6) is 2.30. The van der Waals surface area contributed by atoms with Crippen LogP contribution in [0.25, 0.3) is 11.4 Å². The molecule has 150 valence electrons. The number of hydrogen-bond donors (Lipinski definition) is 1. The molecule has 4 rings (SSSR count). The lowest BCUT2D eigenvalue weighted by Crippen LogP contribution is -2.37. The lowest BCUT2D eigenvalue weighted by Gasteiger charge is -2.32. The SMILES string of the molecule is CC1CCCN(c2ncccc2C(=O)NCCc2nc(-c3ccccc3)no2)C1. The van der Waals surface area contributed by atoms with E-state index in [1.807, 2.05) is 36.4 Å². The van der Waals surface area contributed by atoms with Gasteiger partial charge in [0.2, 0.25) is 11.7 Å². The molecular formula is C22H25N5O2. The van der Waals surface area contributed by atoms with Gasteiger partial charge in [-0.05, 0) is 30.9 Å². The summed E-state index contributed by atoms with van der Waals surface area (Å²) < 4.78 is 5.30. The maximum atomic E-state index is 12.8. The van der Waals surface area contributed by atoms with Gasteiger partial charge in [-0.3, -0.25) is 4.79 Å². The first kappa shape index (κ1) is 19.1. The van der Waals surface area contributed by atoms with Gasteiger partial charge in [0.05, 0.1) is 5.56 Å². The highest BCUT2D eigenvalue weighted by atomic mass is 16.5.